The van der Waals surface area contributed by atoms with Gasteiger partial charge in [0.2, 0.25) is 0 Å². The minimum atomic E-state index is -0.000599. The quantitative estimate of drug-likeness (QED) is 0.469. The van der Waals surface area contributed by atoms with E-state index in [9.17, 15) is 4.79 Å². The summed E-state index contributed by atoms with van der Waals surface area (Å²) in [6.07, 6.45) is 0. The molecule has 3 nitrogen and oxygen atoms in total. The summed E-state index contributed by atoms with van der Waals surface area (Å²) in [6.45, 7) is 1.98. The molecule has 0 aliphatic carbocycles. The van der Waals surface area contributed by atoms with Crippen molar-refractivity contribution in [3.8, 4) is 0 Å². The van der Waals surface area contributed by atoms with Crippen LogP contribution in [0.3, 0.4) is 0 Å². The van der Waals surface area contributed by atoms with E-state index in [1.165, 1.54) is 0 Å². The van der Waals surface area contributed by atoms with Crippen molar-refractivity contribution in [2.45, 2.75) is 6.92 Å². The number of hydrogen-bond acceptors (Lipinski definition) is 2. The third kappa shape index (κ3) is 1.03. The normalized spacial score (nSPS) is 11.8. The summed E-state index contributed by atoms with van der Waals surface area (Å²) in [7, 11) is 0. The topological polar surface area (TPSA) is 34.4 Å². The predicted molar refractivity (Wildman–Crippen MR) is 72.4 cm³/mol. The van der Waals surface area contributed by atoms with Crippen LogP contribution >= 0.6 is 0 Å². The molecule has 86 valence electrons. The first-order valence-electron chi connectivity index (χ1n) is 5.89. The Morgan fingerprint density at radius 3 is 2.78 bits per heavy atom. The molecule has 0 bridgehead atoms. The van der Waals surface area contributed by atoms with Gasteiger partial charge in [0.05, 0.1) is 16.6 Å². The molecule has 3 heterocycles. The van der Waals surface area contributed by atoms with Crippen LogP contribution in [-0.4, -0.2) is 9.38 Å². The molecule has 1 aromatic carbocycles. The van der Waals surface area contributed by atoms with Gasteiger partial charge in [0.15, 0.2) is 0 Å². The van der Waals surface area contributed by atoms with Crippen LogP contribution in [-0.2, 0) is 0 Å². The number of hydrogen-bond donors (Lipinski definition) is 0. The van der Waals surface area contributed by atoms with Gasteiger partial charge in [-0.1, -0.05) is 18.2 Å². The summed E-state index contributed by atoms with van der Waals surface area (Å²) in [4.78, 5) is 16.6. The maximum atomic E-state index is 12.1. The minimum absolute atomic E-state index is 0.000599. The van der Waals surface area contributed by atoms with E-state index in [0.29, 0.717) is 0 Å². The fourth-order valence-electron chi connectivity index (χ4n) is 2.72. The summed E-state index contributed by atoms with van der Waals surface area (Å²) in [5, 5.41) is 2.21. The molecule has 0 amide bonds. The molecule has 0 saturated carbocycles. The van der Waals surface area contributed by atoms with E-state index in [1.807, 2.05) is 31.2 Å². The van der Waals surface area contributed by atoms with Crippen molar-refractivity contribution in [2.24, 2.45) is 0 Å². The van der Waals surface area contributed by atoms with Crippen molar-refractivity contribution in [2.75, 3.05) is 0 Å². The Bertz CT molecular complexity index is 953. The van der Waals surface area contributed by atoms with Gasteiger partial charge in [-0.3, -0.25) is 14.2 Å². The minimum Gasteiger partial charge on any atom is -0.274 e. The lowest BCUT2D eigenvalue weighted by Crippen LogP contribution is -2.10. The van der Waals surface area contributed by atoms with Crippen LogP contribution in [0.25, 0.3) is 27.3 Å². The molecule has 0 N–H and O–H groups in total. The highest BCUT2D eigenvalue weighted by atomic mass is 16.1. The molecule has 0 spiro atoms. The molecule has 4 aromatic rings. The first-order valence-corrected chi connectivity index (χ1v) is 5.89. The molecule has 3 heteroatoms. The van der Waals surface area contributed by atoms with Crippen LogP contribution < -0.4 is 5.56 Å². The Balaban J connectivity index is 2.53. The van der Waals surface area contributed by atoms with Gasteiger partial charge in [0.25, 0.3) is 5.56 Å². The highest BCUT2D eigenvalue weighted by Crippen LogP contribution is 2.29. The number of nitrogens with zero attached hydrogens (tertiary/aromatic N) is 2. The largest absolute Gasteiger partial charge is 0.274 e. The van der Waals surface area contributed by atoms with Gasteiger partial charge < -0.3 is 0 Å². The fraction of sp³-hybridized carbons (Fsp3) is 0.0667. The molecular weight excluding hydrogens is 224 g/mol. The van der Waals surface area contributed by atoms with Gasteiger partial charge >= 0.3 is 0 Å². The van der Waals surface area contributed by atoms with Crippen molar-refractivity contribution in [1.82, 2.24) is 9.38 Å². The van der Waals surface area contributed by atoms with Gasteiger partial charge in [-0.15, -0.1) is 0 Å². The van der Waals surface area contributed by atoms with Gasteiger partial charge in [-0.05, 0) is 25.1 Å². The molecule has 18 heavy (non-hydrogen) atoms. The van der Waals surface area contributed by atoms with E-state index in [-0.39, 0.29) is 5.56 Å². The summed E-state index contributed by atoms with van der Waals surface area (Å²) in [5.41, 5.74) is 3.73. The van der Waals surface area contributed by atoms with E-state index in [2.05, 4.69) is 11.1 Å². The summed E-state index contributed by atoms with van der Waals surface area (Å²) in [5.74, 6) is 0. The number of pyridine rings is 2. The summed E-state index contributed by atoms with van der Waals surface area (Å²) >= 11 is 0. The SMILES string of the molecule is Cc1cc2c3ccccc3n3c(=O)ccc(n1)c23. The summed E-state index contributed by atoms with van der Waals surface area (Å²) < 4.78 is 1.76. The Kier molecular flexibility index (Phi) is 1.64. The number of benzene rings is 1. The van der Waals surface area contributed by atoms with Crippen molar-refractivity contribution >= 4 is 27.3 Å². The Labute approximate surface area is 103 Å². The monoisotopic (exact) mass is 234 g/mol. The van der Waals surface area contributed by atoms with E-state index >= 15 is 0 Å². The molecule has 0 unspecified atom stereocenters. The second kappa shape index (κ2) is 3.07. The van der Waals surface area contributed by atoms with E-state index in [4.69, 9.17) is 0 Å². The lowest BCUT2D eigenvalue weighted by Gasteiger charge is -2.00. The smallest absolute Gasteiger partial charge is 0.255 e. The molecule has 0 radical (unpaired) electrons. The van der Waals surface area contributed by atoms with Crippen molar-refractivity contribution in [3.63, 3.8) is 0 Å². The molecule has 0 aliphatic heterocycles. The zero-order chi connectivity index (χ0) is 12.3. The molecule has 4 rings (SSSR count). The molecule has 0 atom stereocenters. The highest BCUT2D eigenvalue weighted by molar-refractivity contribution is 6.12. The number of rotatable bonds is 0. The van der Waals surface area contributed by atoms with E-state index in [0.717, 1.165) is 33.0 Å². The number of aryl methyl sites for hydroxylation is 1. The van der Waals surface area contributed by atoms with Gasteiger partial charge in [0.1, 0.15) is 0 Å². The zero-order valence-corrected chi connectivity index (χ0v) is 9.84. The van der Waals surface area contributed by atoms with E-state index in [1.54, 1.807) is 16.5 Å². The second-order valence-corrected chi connectivity index (χ2v) is 4.57. The van der Waals surface area contributed by atoms with Crippen LogP contribution in [0.15, 0.2) is 47.3 Å². The van der Waals surface area contributed by atoms with E-state index < -0.39 is 0 Å². The van der Waals surface area contributed by atoms with Crippen molar-refractivity contribution in [3.05, 3.63) is 58.5 Å². The Hall–Kier alpha value is -2.42. The van der Waals surface area contributed by atoms with Crippen LogP contribution in [0.2, 0.25) is 0 Å². The lowest BCUT2D eigenvalue weighted by atomic mass is 10.1. The van der Waals surface area contributed by atoms with Crippen molar-refractivity contribution < 1.29 is 0 Å². The molecular formula is C15H10N2O. The third-order valence-corrected chi connectivity index (χ3v) is 3.41. The van der Waals surface area contributed by atoms with Crippen molar-refractivity contribution in [1.29, 1.82) is 0 Å². The standard InChI is InChI=1S/C15H10N2O/c1-9-8-11-10-4-2-3-5-13(10)17-14(18)7-6-12(16-9)15(11)17/h2-8H,1H3. The first kappa shape index (κ1) is 9.59. The van der Waals surface area contributed by atoms with Crippen LogP contribution in [0, 0.1) is 6.92 Å². The Morgan fingerprint density at radius 2 is 1.89 bits per heavy atom. The van der Waals surface area contributed by atoms with Crippen LogP contribution in [0.5, 0.6) is 0 Å². The average molecular weight is 234 g/mol. The first-order chi connectivity index (χ1) is 8.75. The van der Waals surface area contributed by atoms with Crippen LogP contribution in [0.1, 0.15) is 5.69 Å². The molecule has 0 aliphatic rings. The average Bonchev–Trinajstić information content (AvgIpc) is 2.70. The molecule has 3 aromatic heterocycles. The molecule has 0 saturated heterocycles. The predicted octanol–water partition coefficient (Wildman–Crippen LogP) is 2.75. The number of para-hydroxylation sites is 1. The number of aromatic nitrogens is 2. The maximum Gasteiger partial charge on any atom is 0.255 e. The summed E-state index contributed by atoms with van der Waals surface area (Å²) in [6, 6.07) is 13.4. The lowest BCUT2D eigenvalue weighted by molar-refractivity contribution is 1.16. The van der Waals surface area contributed by atoms with Gasteiger partial charge in [-0.2, -0.15) is 0 Å². The highest BCUT2D eigenvalue weighted by Gasteiger charge is 2.13. The van der Waals surface area contributed by atoms with Gasteiger partial charge in [0, 0.05) is 22.5 Å². The zero-order valence-electron chi connectivity index (χ0n) is 9.84. The second-order valence-electron chi connectivity index (χ2n) is 4.57. The maximum absolute atomic E-state index is 12.1. The molecule has 0 fully saturated rings. The Morgan fingerprint density at radius 1 is 1.06 bits per heavy atom. The van der Waals surface area contributed by atoms with Crippen LogP contribution in [0.4, 0.5) is 0 Å². The number of fused-ring (bicyclic) bond motifs is 3. The third-order valence-electron chi connectivity index (χ3n) is 3.41. The fourth-order valence-corrected chi connectivity index (χ4v) is 2.72. The van der Waals surface area contributed by atoms with Gasteiger partial charge in [-0.25, -0.2) is 0 Å².